The topological polar surface area (TPSA) is 88.3 Å². The van der Waals surface area contributed by atoms with Gasteiger partial charge in [-0.2, -0.15) is 0 Å². The molecule has 0 saturated carbocycles. The number of thioether (sulfide) groups is 1. The lowest BCUT2D eigenvalue weighted by Gasteiger charge is -2.15. The molecule has 9 heteroatoms. The monoisotopic (exact) mass is 326 g/mol. The van der Waals surface area contributed by atoms with Crippen molar-refractivity contribution in [2.24, 2.45) is 0 Å². The average molecular weight is 326 g/mol. The zero-order valence-corrected chi connectivity index (χ0v) is 12.9. The quantitative estimate of drug-likeness (QED) is 0.764. The normalized spacial score (nSPS) is 10.3. The van der Waals surface area contributed by atoms with E-state index in [-0.39, 0.29) is 24.1 Å². The molecule has 0 fully saturated rings. The van der Waals surface area contributed by atoms with E-state index in [0.717, 1.165) is 4.34 Å². The first-order chi connectivity index (χ1) is 10.1. The Labute approximate surface area is 129 Å². The molecule has 0 radical (unpaired) electrons. The maximum Gasteiger partial charge on any atom is 0.239 e. The van der Waals surface area contributed by atoms with Gasteiger partial charge in [0.2, 0.25) is 11.8 Å². The molecule has 2 rings (SSSR count). The summed E-state index contributed by atoms with van der Waals surface area (Å²) in [4.78, 5) is 25.0. The Morgan fingerprint density at radius 1 is 1.52 bits per heavy atom. The molecule has 0 aliphatic heterocycles. The molecule has 0 spiro atoms. The fourth-order valence-electron chi connectivity index (χ4n) is 1.42. The van der Waals surface area contributed by atoms with Crippen molar-refractivity contribution < 1.29 is 14.0 Å². The van der Waals surface area contributed by atoms with Gasteiger partial charge in [0.15, 0.2) is 4.34 Å². The number of carbonyl (C=O) groups is 2. The highest BCUT2D eigenvalue weighted by atomic mass is 32.2. The van der Waals surface area contributed by atoms with Crippen LogP contribution >= 0.6 is 23.1 Å². The molecule has 0 saturated heterocycles. The Morgan fingerprint density at radius 3 is 3.05 bits per heavy atom. The van der Waals surface area contributed by atoms with E-state index in [2.05, 4.69) is 15.5 Å². The first-order valence-corrected chi connectivity index (χ1v) is 7.93. The van der Waals surface area contributed by atoms with E-state index in [1.807, 2.05) is 0 Å². The van der Waals surface area contributed by atoms with Crippen molar-refractivity contribution in [3.63, 3.8) is 0 Å². The van der Waals surface area contributed by atoms with E-state index in [9.17, 15) is 9.59 Å². The van der Waals surface area contributed by atoms with Crippen LogP contribution in [0.15, 0.2) is 32.7 Å². The van der Waals surface area contributed by atoms with Crippen LogP contribution in [0, 0.1) is 0 Å². The van der Waals surface area contributed by atoms with Crippen molar-refractivity contribution in [1.29, 1.82) is 0 Å². The molecule has 0 aliphatic rings. The predicted octanol–water partition coefficient (Wildman–Crippen LogP) is 0.998. The molecular weight excluding hydrogens is 312 g/mol. The van der Waals surface area contributed by atoms with Gasteiger partial charge in [0.25, 0.3) is 0 Å². The molecule has 0 aromatic carbocycles. The van der Waals surface area contributed by atoms with Crippen molar-refractivity contribution in [3.8, 4) is 0 Å². The molecule has 112 valence electrons. The number of nitrogens with one attached hydrogen (secondary N) is 1. The van der Waals surface area contributed by atoms with E-state index < -0.39 is 0 Å². The van der Waals surface area contributed by atoms with Gasteiger partial charge in [-0.25, -0.2) is 0 Å². The fraction of sp³-hybridized carbons (Fsp3) is 0.333. The molecule has 0 atom stereocenters. The summed E-state index contributed by atoms with van der Waals surface area (Å²) < 4.78 is 5.84. The van der Waals surface area contributed by atoms with Crippen LogP contribution in [0.3, 0.4) is 0 Å². The summed E-state index contributed by atoms with van der Waals surface area (Å²) >= 11 is 2.69. The number of aromatic nitrogens is 2. The number of nitrogens with zero attached hydrogens (tertiary/aromatic N) is 3. The smallest absolute Gasteiger partial charge is 0.239 e. The van der Waals surface area contributed by atoms with Crippen LogP contribution in [0.5, 0.6) is 0 Å². The van der Waals surface area contributed by atoms with Gasteiger partial charge in [-0.05, 0) is 12.1 Å². The molecule has 2 heterocycles. The van der Waals surface area contributed by atoms with Gasteiger partial charge in [0.1, 0.15) is 11.3 Å². The highest BCUT2D eigenvalue weighted by Crippen LogP contribution is 2.18. The van der Waals surface area contributed by atoms with Crippen molar-refractivity contribution in [2.45, 2.75) is 10.9 Å². The van der Waals surface area contributed by atoms with E-state index in [1.54, 1.807) is 31.0 Å². The molecule has 7 nitrogen and oxygen atoms in total. The Balaban J connectivity index is 1.68. The standard InChI is InChI=1S/C12H14N4O3S2/c1-16(11(18)7-20-12-15-14-8-21-12)6-10(17)13-5-9-3-2-4-19-9/h2-4,8H,5-7H2,1H3,(H,13,17). The lowest BCUT2D eigenvalue weighted by atomic mass is 10.4. The lowest BCUT2D eigenvalue weighted by Crippen LogP contribution is -2.38. The summed E-state index contributed by atoms with van der Waals surface area (Å²) in [6, 6.07) is 3.52. The molecule has 1 N–H and O–H groups in total. The highest BCUT2D eigenvalue weighted by Gasteiger charge is 2.14. The largest absolute Gasteiger partial charge is 0.467 e. The highest BCUT2D eigenvalue weighted by molar-refractivity contribution is 8.01. The molecule has 0 aliphatic carbocycles. The third-order valence-electron chi connectivity index (χ3n) is 2.51. The lowest BCUT2D eigenvalue weighted by molar-refractivity contribution is -0.132. The van der Waals surface area contributed by atoms with Crippen molar-refractivity contribution in [1.82, 2.24) is 20.4 Å². The van der Waals surface area contributed by atoms with Gasteiger partial charge < -0.3 is 14.6 Å². The van der Waals surface area contributed by atoms with Gasteiger partial charge >= 0.3 is 0 Å². The zero-order valence-electron chi connectivity index (χ0n) is 11.3. The van der Waals surface area contributed by atoms with Crippen molar-refractivity contribution in [2.75, 3.05) is 19.3 Å². The zero-order chi connectivity index (χ0) is 15.1. The minimum Gasteiger partial charge on any atom is -0.467 e. The molecule has 2 aromatic rings. The Bertz CT molecular complexity index is 571. The van der Waals surface area contributed by atoms with Gasteiger partial charge in [0, 0.05) is 7.05 Å². The minimum absolute atomic E-state index is 0.0101. The van der Waals surface area contributed by atoms with Crippen LogP contribution in [0.2, 0.25) is 0 Å². The SMILES string of the molecule is CN(CC(=O)NCc1ccco1)C(=O)CSc1nncs1. The maximum atomic E-state index is 11.9. The molecule has 2 amide bonds. The van der Waals surface area contributed by atoms with Crippen molar-refractivity contribution >= 4 is 34.9 Å². The van der Waals surface area contributed by atoms with E-state index in [0.29, 0.717) is 12.3 Å². The van der Waals surface area contributed by atoms with Gasteiger partial charge in [-0.3, -0.25) is 9.59 Å². The second-order valence-corrected chi connectivity index (χ2v) is 6.15. The number of likely N-dealkylation sites (N-methyl/N-ethyl adjacent to an activating group) is 1. The number of hydrogen-bond acceptors (Lipinski definition) is 7. The number of carbonyl (C=O) groups excluding carboxylic acids is 2. The summed E-state index contributed by atoms with van der Waals surface area (Å²) in [5, 5.41) is 10.2. The van der Waals surface area contributed by atoms with Crippen LogP contribution in [0.25, 0.3) is 0 Å². The third kappa shape index (κ3) is 5.20. The summed E-state index contributed by atoms with van der Waals surface area (Å²) in [7, 11) is 1.59. The molecule has 0 bridgehead atoms. The van der Waals surface area contributed by atoms with Crippen LogP contribution in [-0.4, -0.2) is 46.3 Å². The third-order valence-corrected chi connectivity index (χ3v) is 4.35. The number of amides is 2. The Kier molecular flexibility index (Phi) is 5.76. The Hall–Kier alpha value is -1.87. The van der Waals surface area contributed by atoms with Crippen LogP contribution in [0.1, 0.15) is 5.76 Å². The van der Waals surface area contributed by atoms with Crippen LogP contribution < -0.4 is 5.32 Å². The average Bonchev–Trinajstić information content (AvgIpc) is 3.15. The second kappa shape index (κ2) is 7.79. The predicted molar refractivity (Wildman–Crippen MR) is 78.8 cm³/mol. The molecule has 2 aromatic heterocycles. The van der Waals surface area contributed by atoms with Gasteiger partial charge in [-0.1, -0.05) is 23.1 Å². The number of rotatable bonds is 7. The van der Waals surface area contributed by atoms with E-state index in [1.165, 1.54) is 28.0 Å². The first kappa shape index (κ1) is 15.5. The maximum absolute atomic E-state index is 11.9. The summed E-state index contributed by atoms with van der Waals surface area (Å²) in [6.07, 6.45) is 1.54. The summed E-state index contributed by atoms with van der Waals surface area (Å²) in [5.74, 6) is 0.535. The fourth-order valence-corrected chi connectivity index (χ4v) is 2.85. The Morgan fingerprint density at radius 2 is 2.38 bits per heavy atom. The molecule has 0 unspecified atom stereocenters. The van der Waals surface area contributed by atoms with Gasteiger partial charge in [-0.15, -0.1) is 10.2 Å². The molecular formula is C12H14N4O3S2. The van der Waals surface area contributed by atoms with Gasteiger partial charge in [0.05, 0.1) is 25.1 Å². The van der Waals surface area contributed by atoms with Crippen LogP contribution in [-0.2, 0) is 16.1 Å². The number of hydrogen-bond donors (Lipinski definition) is 1. The summed E-state index contributed by atoms with van der Waals surface area (Å²) in [6.45, 7) is 0.323. The van der Waals surface area contributed by atoms with E-state index >= 15 is 0 Å². The van der Waals surface area contributed by atoms with Crippen molar-refractivity contribution in [3.05, 3.63) is 29.7 Å². The number of furan rings is 1. The molecule has 21 heavy (non-hydrogen) atoms. The second-order valence-electron chi connectivity index (χ2n) is 4.10. The minimum atomic E-state index is -0.233. The summed E-state index contributed by atoms with van der Waals surface area (Å²) in [5.41, 5.74) is 1.61. The first-order valence-electron chi connectivity index (χ1n) is 6.07. The van der Waals surface area contributed by atoms with E-state index in [4.69, 9.17) is 4.42 Å². The van der Waals surface area contributed by atoms with Crippen LogP contribution in [0.4, 0.5) is 0 Å².